The van der Waals surface area contributed by atoms with Gasteiger partial charge in [-0.1, -0.05) is 15.9 Å². The summed E-state index contributed by atoms with van der Waals surface area (Å²) in [6.45, 7) is 1.89. The van der Waals surface area contributed by atoms with E-state index >= 15 is 0 Å². The first-order valence-corrected chi connectivity index (χ1v) is 6.73. The molecule has 5 nitrogen and oxygen atoms in total. The molecule has 0 spiro atoms. The van der Waals surface area contributed by atoms with Crippen molar-refractivity contribution < 1.29 is 14.3 Å². The third-order valence-corrected chi connectivity index (χ3v) is 3.45. The van der Waals surface area contributed by atoms with Gasteiger partial charge in [0.2, 0.25) is 11.8 Å². The second-order valence-electron chi connectivity index (χ2n) is 4.18. The van der Waals surface area contributed by atoms with E-state index < -0.39 is 5.91 Å². The average Bonchev–Trinajstić information content (AvgIpc) is 2.38. The fraction of sp³-hybridized carbons (Fsp3) is 0.385. The highest BCUT2D eigenvalue weighted by atomic mass is 79.9. The van der Waals surface area contributed by atoms with Crippen LogP contribution in [0.2, 0.25) is 0 Å². The van der Waals surface area contributed by atoms with E-state index in [0.717, 1.165) is 0 Å². The van der Waals surface area contributed by atoms with E-state index in [1.54, 1.807) is 31.4 Å². The van der Waals surface area contributed by atoms with Crippen molar-refractivity contribution in [3.8, 4) is 0 Å². The van der Waals surface area contributed by atoms with Crippen LogP contribution in [0, 0.1) is 0 Å². The summed E-state index contributed by atoms with van der Waals surface area (Å²) >= 11 is 3.31. The lowest BCUT2D eigenvalue weighted by atomic mass is 10.2. The Bertz CT molecular complexity index is 448. The second-order valence-corrected chi connectivity index (χ2v) is 5.29. The van der Waals surface area contributed by atoms with Crippen molar-refractivity contribution in [2.24, 2.45) is 5.73 Å². The predicted octanol–water partition coefficient (Wildman–Crippen LogP) is 1.91. The normalized spacial score (nSPS) is 13.6. The monoisotopic (exact) mass is 328 g/mol. The maximum Gasteiger partial charge on any atom is 0.248 e. The van der Waals surface area contributed by atoms with Gasteiger partial charge in [-0.3, -0.25) is 9.59 Å². The van der Waals surface area contributed by atoms with Crippen molar-refractivity contribution in [3.05, 3.63) is 29.8 Å². The fourth-order valence-corrected chi connectivity index (χ4v) is 2.07. The number of ether oxygens (including phenoxy) is 1. The summed E-state index contributed by atoms with van der Waals surface area (Å²) in [4.78, 5) is 22.5. The number of benzene rings is 1. The van der Waals surface area contributed by atoms with E-state index in [0.29, 0.717) is 17.7 Å². The minimum absolute atomic E-state index is 0.00707. The minimum atomic E-state index is -0.495. The van der Waals surface area contributed by atoms with Crippen LogP contribution in [0.4, 0.5) is 5.69 Å². The molecule has 0 aliphatic carbocycles. The number of primary amides is 1. The van der Waals surface area contributed by atoms with Gasteiger partial charge in [0.15, 0.2) is 0 Å². The minimum Gasteiger partial charge on any atom is -0.382 e. The second kappa shape index (κ2) is 7.25. The number of alkyl halides is 1. The van der Waals surface area contributed by atoms with Crippen LogP contribution in [0.25, 0.3) is 0 Å². The molecule has 2 atom stereocenters. The van der Waals surface area contributed by atoms with E-state index in [4.69, 9.17) is 10.5 Å². The molecule has 1 aromatic rings. The van der Waals surface area contributed by atoms with Gasteiger partial charge in [-0.25, -0.2) is 0 Å². The molecule has 0 heterocycles. The van der Waals surface area contributed by atoms with Gasteiger partial charge in [-0.15, -0.1) is 0 Å². The van der Waals surface area contributed by atoms with Crippen molar-refractivity contribution in [1.29, 1.82) is 0 Å². The lowest BCUT2D eigenvalue weighted by Crippen LogP contribution is -2.26. The summed E-state index contributed by atoms with van der Waals surface area (Å²) in [5.74, 6) is -0.652. The molecule has 1 aromatic carbocycles. The van der Waals surface area contributed by atoms with E-state index in [9.17, 15) is 9.59 Å². The van der Waals surface area contributed by atoms with Crippen LogP contribution in [-0.2, 0) is 9.53 Å². The molecule has 3 N–H and O–H groups in total. The molecule has 0 bridgehead atoms. The standard InChI is InChI=1S/C13H17BrN2O3/c1-8(19-2)7-11(14)13(18)16-10-5-3-9(4-6-10)12(15)17/h3-6,8,11H,7H2,1-2H3,(H2,15,17)(H,16,18)/t8-,11+/m0/s1. The number of carbonyl (C=O) groups is 2. The van der Waals surface area contributed by atoms with Crippen molar-refractivity contribution in [2.75, 3.05) is 12.4 Å². The molecular weight excluding hydrogens is 312 g/mol. The summed E-state index contributed by atoms with van der Waals surface area (Å²) in [6, 6.07) is 6.41. The summed E-state index contributed by atoms with van der Waals surface area (Å²) < 4.78 is 5.10. The van der Waals surface area contributed by atoms with E-state index in [-0.39, 0.29) is 16.8 Å². The van der Waals surface area contributed by atoms with Gasteiger partial charge in [0.05, 0.1) is 10.9 Å². The molecule has 0 unspecified atom stereocenters. The van der Waals surface area contributed by atoms with E-state index in [1.807, 2.05) is 6.92 Å². The highest BCUT2D eigenvalue weighted by molar-refractivity contribution is 9.10. The number of rotatable bonds is 6. The summed E-state index contributed by atoms with van der Waals surface area (Å²) in [5.41, 5.74) is 6.16. The first-order valence-electron chi connectivity index (χ1n) is 5.81. The van der Waals surface area contributed by atoms with Crippen molar-refractivity contribution in [2.45, 2.75) is 24.3 Å². The summed E-state index contributed by atoms with van der Waals surface area (Å²) in [5, 5.41) is 2.74. The molecule has 19 heavy (non-hydrogen) atoms. The quantitative estimate of drug-likeness (QED) is 0.782. The Morgan fingerprint density at radius 2 is 1.95 bits per heavy atom. The topological polar surface area (TPSA) is 81.4 Å². The lowest BCUT2D eigenvalue weighted by Gasteiger charge is -2.14. The molecule has 104 valence electrons. The predicted molar refractivity (Wildman–Crippen MR) is 77.4 cm³/mol. The van der Waals surface area contributed by atoms with Gasteiger partial charge < -0.3 is 15.8 Å². The lowest BCUT2D eigenvalue weighted by molar-refractivity contribution is -0.116. The number of anilines is 1. The third kappa shape index (κ3) is 5.00. The van der Waals surface area contributed by atoms with Crippen LogP contribution in [-0.4, -0.2) is 29.9 Å². The Balaban J connectivity index is 2.59. The first kappa shape index (κ1) is 15.7. The highest BCUT2D eigenvalue weighted by Crippen LogP contribution is 2.15. The molecule has 2 amide bonds. The number of nitrogens with two attached hydrogens (primary N) is 1. The third-order valence-electron chi connectivity index (χ3n) is 2.66. The van der Waals surface area contributed by atoms with Gasteiger partial charge in [0, 0.05) is 18.4 Å². The molecule has 0 saturated carbocycles. The van der Waals surface area contributed by atoms with Crippen molar-refractivity contribution in [3.63, 3.8) is 0 Å². The van der Waals surface area contributed by atoms with Crippen LogP contribution in [0.5, 0.6) is 0 Å². The van der Waals surface area contributed by atoms with Gasteiger partial charge in [0.25, 0.3) is 0 Å². The van der Waals surface area contributed by atoms with E-state index in [1.165, 1.54) is 0 Å². The van der Waals surface area contributed by atoms with Gasteiger partial charge in [0.1, 0.15) is 0 Å². The SMILES string of the molecule is CO[C@@H](C)C[C@@H](Br)C(=O)Nc1ccc(C(N)=O)cc1. The Kier molecular flexibility index (Phi) is 5.98. The number of hydrogen-bond acceptors (Lipinski definition) is 3. The maximum atomic E-state index is 11.9. The zero-order chi connectivity index (χ0) is 14.4. The Labute approximate surface area is 120 Å². The van der Waals surface area contributed by atoms with Crippen molar-refractivity contribution >= 4 is 33.4 Å². The largest absolute Gasteiger partial charge is 0.382 e. The molecule has 0 radical (unpaired) electrons. The Morgan fingerprint density at radius 3 is 2.42 bits per heavy atom. The van der Waals surface area contributed by atoms with Crippen LogP contribution in [0.1, 0.15) is 23.7 Å². The number of amides is 2. The van der Waals surface area contributed by atoms with Gasteiger partial charge in [-0.2, -0.15) is 0 Å². The molecule has 0 aliphatic heterocycles. The van der Waals surface area contributed by atoms with Crippen LogP contribution in [0.3, 0.4) is 0 Å². The fourth-order valence-electron chi connectivity index (χ4n) is 1.43. The number of carbonyl (C=O) groups excluding carboxylic acids is 2. The number of methoxy groups -OCH3 is 1. The number of halogens is 1. The molecule has 0 aliphatic rings. The smallest absolute Gasteiger partial charge is 0.248 e. The van der Waals surface area contributed by atoms with Crippen LogP contribution < -0.4 is 11.1 Å². The molecule has 6 heteroatoms. The Morgan fingerprint density at radius 1 is 1.37 bits per heavy atom. The summed E-state index contributed by atoms with van der Waals surface area (Å²) in [7, 11) is 1.60. The van der Waals surface area contributed by atoms with Crippen LogP contribution in [0.15, 0.2) is 24.3 Å². The van der Waals surface area contributed by atoms with Crippen LogP contribution >= 0.6 is 15.9 Å². The Hall–Kier alpha value is -1.40. The molecule has 0 aromatic heterocycles. The number of nitrogens with one attached hydrogen (secondary N) is 1. The summed E-state index contributed by atoms with van der Waals surface area (Å²) in [6.07, 6.45) is 0.564. The molecule has 1 rings (SSSR count). The van der Waals surface area contributed by atoms with Gasteiger partial charge in [-0.05, 0) is 37.6 Å². The zero-order valence-electron chi connectivity index (χ0n) is 10.9. The van der Waals surface area contributed by atoms with E-state index in [2.05, 4.69) is 21.2 Å². The molecule has 0 saturated heterocycles. The highest BCUT2D eigenvalue weighted by Gasteiger charge is 2.18. The molecular formula is C13H17BrN2O3. The first-order chi connectivity index (χ1) is 8.93. The number of hydrogen-bond donors (Lipinski definition) is 2. The zero-order valence-corrected chi connectivity index (χ0v) is 12.4. The van der Waals surface area contributed by atoms with Crippen molar-refractivity contribution in [1.82, 2.24) is 0 Å². The average molecular weight is 329 g/mol. The van der Waals surface area contributed by atoms with Gasteiger partial charge >= 0.3 is 0 Å². The molecule has 0 fully saturated rings. The maximum absolute atomic E-state index is 11.9.